The molecule has 0 radical (unpaired) electrons. The van der Waals surface area contributed by atoms with Gasteiger partial charge in [0.1, 0.15) is 5.78 Å². The van der Waals surface area contributed by atoms with Crippen molar-refractivity contribution in [3.05, 3.63) is 18.0 Å². The van der Waals surface area contributed by atoms with E-state index in [0.29, 0.717) is 6.42 Å². The highest BCUT2D eigenvalue weighted by Gasteiger charge is 2.17. The van der Waals surface area contributed by atoms with Gasteiger partial charge in [-0.25, -0.2) is 0 Å². The second-order valence-electron chi connectivity index (χ2n) is 3.77. The summed E-state index contributed by atoms with van der Waals surface area (Å²) in [5.74, 6) is 0.0516. The molecule has 0 fully saturated rings. The highest BCUT2D eigenvalue weighted by Crippen LogP contribution is 2.06. The van der Waals surface area contributed by atoms with Crippen LogP contribution in [0.2, 0.25) is 0 Å². The Labute approximate surface area is 84.1 Å². The third-order valence-electron chi connectivity index (χ3n) is 2.42. The van der Waals surface area contributed by atoms with Crippen LogP contribution in [0.1, 0.15) is 19.5 Å². The van der Waals surface area contributed by atoms with Gasteiger partial charge in [0.05, 0.1) is 12.1 Å². The van der Waals surface area contributed by atoms with E-state index in [4.69, 9.17) is 5.73 Å². The lowest BCUT2D eigenvalue weighted by atomic mass is 9.96. The van der Waals surface area contributed by atoms with Gasteiger partial charge < -0.3 is 5.73 Å². The van der Waals surface area contributed by atoms with Crippen molar-refractivity contribution < 1.29 is 4.79 Å². The first kappa shape index (κ1) is 10.9. The van der Waals surface area contributed by atoms with Crippen LogP contribution in [-0.2, 0) is 18.3 Å². The van der Waals surface area contributed by atoms with Gasteiger partial charge in [0.2, 0.25) is 0 Å². The topological polar surface area (TPSA) is 60.9 Å². The van der Waals surface area contributed by atoms with E-state index in [-0.39, 0.29) is 17.7 Å². The van der Waals surface area contributed by atoms with Crippen LogP contribution >= 0.6 is 0 Å². The molecule has 2 unspecified atom stereocenters. The monoisotopic (exact) mass is 195 g/mol. The molecule has 0 saturated carbocycles. The molecule has 1 aromatic heterocycles. The maximum absolute atomic E-state index is 11.6. The number of ketones is 1. The van der Waals surface area contributed by atoms with Crippen LogP contribution in [0.15, 0.2) is 12.3 Å². The van der Waals surface area contributed by atoms with Crippen LogP contribution in [-0.4, -0.2) is 21.6 Å². The number of nitrogens with zero attached hydrogens (tertiary/aromatic N) is 2. The molecular weight excluding hydrogens is 178 g/mol. The molecule has 0 aromatic carbocycles. The summed E-state index contributed by atoms with van der Waals surface area (Å²) in [6, 6.07) is 1.76. The molecule has 0 amide bonds. The Kier molecular flexibility index (Phi) is 3.41. The highest BCUT2D eigenvalue weighted by molar-refractivity contribution is 5.83. The molecule has 1 heterocycles. The van der Waals surface area contributed by atoms with Gasteiger partial charge in [0, 0.05) is 25.2 Å². The van der Waals surface area contributed by atoms with E-state index in [2.05, 4.69) is 5.10 Å². The second-order valence-corrected chi connectivity index (χ2v) is 3.77. The molecule has 4 nitrogen and oxygen atoms in total. The van der Waals surface area contributed by atoms with E-state index in [1.54, 1.807) is 4.68 Å². The maximum atomic E-state index is 11.6. The largest absolute Gasteiger partial charge is 0.327 e. The first-order valence-corrected chi connectivity index (χ1v) is 4.77. The lowest BCUT2D eigenvalue weighted by molar-refractivity contribution is -0.122. The number of hydrogen-bond donors (Lipinski definition) is 1. The van der Waals surface area contributed by atoms with Gasteiger partial charge >= 0.3 is 0 Å². The minimum atomic E-state index is -0.1000. The van der Waals surface area contributed by atoms with Gasteiger partial charge in [-0.1, -0.05) is 6.92 Å². The SMILES string of the molecule is CC(N)C(C)C(=O)Cc1ccn(C)n1. The van der Waals surface area contributed by atoms with E-state index in [9.17, 15) is 4.79 Å². The predicted octanol–water partition coefficient (Wildman–Crippen LogP) is 0.515. The van der Waals surface area contributed by atoms with E-state index in [0.717, 1.165) is 5.69 Å². The van der Waals surface area contributed by atoms with Gasteiger partial charge in [-0.2, -0.15) is 5.10 Å². The number of hydrogen-bond acceptors (Lipinski definition) is 3. The standard InChI is InChI=1S/C10H17N3O/c1-7(8(2)11)10(14)6-9-4-5-13(3)12-9/h4-5,7-8H,6,11H2,1-3H3. The highest BCUT2D eigenvalue weighted by atomic mass is 16.1. The third-order valence-corrected chi connectivity index (χ3v) is 2.42. The van der Waals surface area contributed by atoms with Crippen LogP contribution in [0.25, 0.3) is 0 Å². The van der Waals surface area contributed by atoms with Crippen molar-refractivity contribution in [1.82, 2.24) is 9.78 Å². The van der Waals surface area contributed by atoms with Crippen molar-refractivity contribution in [1.29, 1.82) is 0 Å². The zero-order valence-electron chi connectivity index (χ0n) is 8.90. The first-order chi connectivity index (χ1) is 6.50. The van der Waals surface area contributed by atoms with Crippen molar-refractivity contribution in [2.45, 2.75) is 26.3 Å². The Morgan fingerprint density at radius 3 is 2.71 bits per heavy atom. The number of aromatic nitrogens is 2. The molecular formula is C10H17N3O. The number of carbonyl (C=O) groups excluding carboxylic acids is 1. The zero-order chi connectivity index (χ0) is 10.7. The van der Waals surface area contributed by atoms with Gasteiger partial charge in [0.15, 0.2) is 0 Å². The number of nitrogens with two attached hydrogens (primary N) is 1. The van der Waals surface area contributed by atoms with Crippen molar-refractivity contribution in [3.8, 4) is 0 Å². The number of aryl methyl sites for hydroxylation is 1. The summed E-state index contributed by atoms with van der Waals surface area (Å²) in [6.07, 6.45) is 2.21. The molecule has 0 saturated heterocycles. The Bertz CT molecular complexity index is 317. The molecule has 78 valence electrons. The molecule has 14 heavy (non-hydrogen) atoms. The zero-order valence-corrected chi connectivity index (χ0v) is 8.90. The summed E-state index contributed by atoms with van der Waals surface area (Å²) in [7, 11) is 1.84. The minimum absolute atomic E-state index is 0.0915. The molecule has 0 aliphatic heterocycles. The number of carbonyl (C=O) groups is 1. The average Bonchev–Trinajstić information content (AvgIpc) is 2.49. The fraction of sp³-hybridized carbons (Fsp3) is 0.600. The molecule has 4 heteroatoms. The third kappa shape index (κ3) is 2.67. The summed E-state index contributed by atoms with van der Waals surface area (Å²) in [6.45, 7) is 3.71. The average molecular weight is 195 g/mol. The Morgan fingerprint density at radius 1 is 1.64 bits per heavy atom. The molecule has 1 rings (SSSR count). The number of rotatable bonds is 4. The normalized spacial score (nSPS) is 15.1. The van der Waals surface area contributed by atoms with Gasteiger partial charge in [-0.15, -0.1) is 0 Å². The van der Waals surface area contributed by atoms with Crippen LogP contribution < -0.4 is 5.73 Å². The molecule has 0 bridgehead atoms. The van der Waals surface area contributed by atoms with E-state index in [1.165, 1.54) is 0 Å². The lowest BCUT2D eigenvalue weighted by Crippen LogP contribution is -2.31. The molecule has 0 aliphatic rings. The summed E-state index contributed by atoms with van der Waals surface area (Å²) in [4.78, 5) is 11.6. The van der Waals surface area contributed by atoms with Crippen LogP contribution in [0.5, 0.6) is 0 Å². The quantitative estimate of drug-likeness (QED) is 0.761. The Morgan fingerprint density at radius 2 is 2.29 bits per heavy atom. The van der Waals surface area contributed by atoms with Crippen molar-refractivity contribution in [2.75, 3.05) is 0 Å². The Balaban J connectivity index is 2.57. The van der Waals surface area contributed by atoms with E-state index < -0.39 is 0 Å². The van der Waals surface area contributed by atoms with Crippen molar-refractivity contribution >= 4 is 5.78 Å². The van der Waals surface area contributed by atoms with Crippen molar-refractivity contribution in [2.24, 2.45) is 18.7 Å². The molecule has 1 aromatic rings. The molecule has 0 spiro atoms. The van der Waals surface area contributed by atoms with Gasteiger partial charge in [-0.05, 0) is 13.0 Å². The summed E-state index contributed by atoms with van der Waals surface area (Å²) in [5.41, 5.74) is 6.46. The smallest absolute Gasteiger partial charge is 0.143 e. The van der Waals surface area contributed by atoms with Gasteiger partial charge in [0.25, 0.3) is 0 Å². The Hall–Kier alpha value is -1.16. The minimum Gasteiger partial charge on any atom is -0.327 e. The fourth-order valence-electron chi connectivity index (χ4n) is 1.19. The van der Waals surface area contributed by atoms with Crippen LogP contribution in [0, 0.1) is 5.92 Å². The van der Waals surface area contributed by atoms with Gasteiger partial charge in [-0.3, -0.25) is 9.48 Å². The maximum Gasteiger partial charge on any atom is 0.143 e. The second kappa shape index (κ2) is 4.37. The first-order valence-electron chi connectivity index (χ1n) is 4.77. The summed E-state index contributed by atoms with van der Waals surface area (Å²) < 4.78 is 1.69. The van der Waals surface area contributed by atoms with Crippen molar-refractivity contribution in [3.63, 3.8) is 0 Å². The molecule has 0 aliphatic carbocycles. The molecule has 2 atom stereocenters. The van der Waals surface area contributed by atoms with E-state index in [1.807, 2.05) is 33.2 Å². The summed E-state index contributed by atoms with van der Waals surface area (Å²) >= 11 is 0. The summed E-state index contributed by atoms with van der Waals surface area (Å²) in [5, 5.41) is 4.15. The fourth-order valence-corrected chi connectivity index (χ4v) is 1.19. The van der Waals surface area contributed by atoms with E-state index >= 15 is 0 Å². The van der Waals surface area contributed by atoms with Crippen LogP contribution in [0.3, 0.4) is 0 Å². The molecule has 2 N–H and O–H groups in total. The lowest BCUT2D eigenvalue weighted by Gasteiger charge is -2.12. The number of Topliss-reactive ketones (excluding diaryl/α,β-unsaturated/α-hetero) is 1. The predicted molar refractivity (Wildman–Crippen MR) is 54.7 cm³/mol. The van der Waals surface area contributed by atoms with Crippen LogP contribution in [0.4, 0.5) is 0 Å².